The van der Waals surface area contributed by atoms with Gasteiger partial charge in [-0.2, -0.15) is 0 Å². The lowest BCUT2D eigenvalue weighted by atomic mass is 9.96. The van der Waals surface area contributed by atoms with Gasteiger partial charge >= 0.3 is 0 Å². The van der Waals surface area contributed by atoms with E-state index in [9.17, 15) is 4.79 Å². The van der Waals surface area contributed by atoms with E-state index in [0.29, 0.717) is 0 Å². The zero-order valence-corrected chi connectivity index (χ0v) is 9.67. The molecule has 0 spiro atoms. The molecule has 0 saturated heterocycles. The van der Waals surface area contributed by atoms with Crippen molar-refractivity contribution in [1.29, 1.82) is 0 Å². The van der Waals surface area contributed by atoms with Gasteiger partial charge in [0.2, 0.25) is 5.91 Å². The Kier molecular flexibility index (Phi) is 7.38. The van der Waals surface area contributed by atoms with Crippen molar-refractivity contribution in [3.05, 3.63) is 35.9 Å². The number of benzene rings is 1. The number of hydrogen-bond acceptors (Lipinski definition) is 3. The molecule has 0 heterocycles. The zero-order valence-electron chi connectivity index (χ0n) is 9.67. The summed E-state index contributed by atoms with van der Waals surface area (Å²) in [4.78, 5) is 19.7. The fourth-order valence-corrected chi connectivity index (χ4v) is 1.26. The molecule has 17 heavy (non-hydrogen) atoms. The lowest BCUT2D eigenvalue weighted by Crippen LogP contribution is -2.17. The second kappa shape index (κ2) is 8.29. The van der Waals surface area contributed by atoms with Gasteiger partial charge in [-0.15, -0.1) is 0 Å². The van der Waals surface area contributed by atoms with E-state index in [-0.39, 0.29) is 24.9 Å². The lowest BCUT2D eigenvalue weighted by Gasteiger charge is -2.11. The van der Waals surface area contributed by atoms with Crippen LogP contribution in [-0.2, 0) is 9.59 Å². The minimum Gasteiger partial charge on any atom is -0.481 e. The van der Waals surface area contributed by atoms with Crippen LogP contribution < -0.4 is 5.73 Å². The minimum atomic E-state index is -0.833. The van der Waals surface area contributed by atoms with Crippen LogP contribution in [0.25, 0.3) is 0 Å². The molecule has 94 valence electrons. The number of aliphatic hydroxyl groups is 1. The van der Waals surface area contributed by atoms with Crippen molar-refractivity contribution in [2.75, 3.05) is 6.61 Å². The van der Waals surface area contributed by atoms with Crippen LogP contribution in [0.4, 0.5) is 0 Å². The number of nitrogens with two attached hydrogens (primary N) is 1. The Morgan fingerprint density at radius 1 is 1.29 bits per heavy atom. The number of carboxylic acid groups (broad SMARTS) is 1. The van der Waals surface area contributed by atoms with E-state index in [2.05, 4.69) is 0 Å². The van der Waals surface area contributed by atoms with E-state index in [1.165, 1.54) is 0 Å². The molecule has 1 rings (SSSR count). The molecule has 0 aliphatic carbocycles. The third-order valence-corrected chi connectivity index (χ3v) is 1.94. The zero-order chi connectivity index (χ0) is 13.3. The molecule has 1 atom stereocenters. The van der Waals surface area contributed by atoms with Gasteiger partial charge in [0.05, 0.1) is 6.61 Å². The highest BCUT2D eigenvalue weighted by Crippen LogP contribution is 2.17. The third-order valence-electron chi connectivity index (χ3n) is 1.94. The number of rotatable bonds is 4. The maximum Gasteiger partial charge on any atom is 0.300 e. The average molecular weight is 239 g/mol. The molecule has 1 aromatic rings. The second-order valence-corrected chi connectivity index (χ2v) is 3.48. The SMILES string of the molecule is CC(=O)O.NC(=O)CC(CO)c1ccccc1. The van der Waals surface area contributed by atoms with Gasteiger partial charge < -0.3 is 15.9 Å². The molecule has 0 radical (unpaired) electrons. The van der Waals surface area contributed by atoms with Crippen LogP contribution in [-0.4, -0.2) is 28.7 Å². The molecule has 0 fully saturated rings. The highest BCUT2D eigenvalue weighted by atomic mass is 16.4. The average Bonchev–Trinajstić information content (AvgIpc) is 2.26. The van der Waals surface area contributed by atoms with Crippen LogP contribution >= 0.6 is 0 Å². The lowest BCUT2D eigenvalue weighted by molar-refractivity contribution is -0.134. The number of carbonyl (C=O) groups excluding carboxylic acids is 1. The molecule has 4 N–H and O–H groups in total. The standard InChI is InChI=1S/C10H13NO2.C2H4O2/c11-10(13)6-9(7-12)8-4-2-1-3-5-8;1-2(3)4/h1-5,9,12H,6-7H2,(H2,11,13);1H3,(H,3,4). The molecule has 1 aromatic carbocycles. The molecular weight excluding hydrogens is 222 g/mol. The maximum absolute atomic E-state index is 10.7. The maximum atomic E-state index is 10.7. The monoisotopic (exact) mass is 239 g/mol. The van der Waals surface area contributed by atoms with Crippen LogP contribution in [0.15, 0.2) is 30.3 Å². The van der Waals surface area contributed by atoms with Crippen molar-refractivity contribution in [2.45, 2.75) is 19.3 Å². The smallest absolute Gasteiger partial charge is 0.300 e. The van der Waals surface area contributed by atoms with Crippen LogP contribution in [0, 0.1) is 0 Å². The number of primary amides is 1. The van der Waals surface area contributed by atoms with Gasteiger partial charge in [0.15, 0.2) is 0 Å². The van der Waals surface area contributed by atoms with E-state index in [1.54, 1.807) is 0 Å². The first kappa shape index (κ1) is 15.1. The summed E-state index contributed by atoms with van der Waals surface area (Å²) >= 11 is 0. The van der Waals surface area contributed by atoms with Crippen molar-refractivity contribution in [2.24, 2.45) is 5.73 Å². The van der Waals surface area contributed by atoms with Crippen molar-refractivity contribution in [3.63, 3.8) is 0 Å². The molecular formula is C12H17NO4. The molecule has 0 aliphatic rings. The van der Waals surface area contributed by atoms with Crippen molar-refractivity contribution in [3.8, 4) is 0 Å². The Morgan fingerprint density at radius 3 is 2.12 bits per heavy atom. The molecule has 0 saturated carbocycles. The Morgan fingerprint density at radius 2 is 1.76 bits per heavy atom. The number of carboxylic acids is 1. The Balaban J connectivity index is 0.000000557. The number of aliphatic carboxylic acids is 1. The van der Waals surface area contributed by atoms with Gasteiger partial charge in [0, 0.05) is 19.3 Å². The molecule has 0 aliphatic heterocycles. The number of aliphatic hydroxyl groups excluding tert-OH is 1. The molecule has 1 amide bonds. The van der Waals surface area contributed by atoms with Crippen molar-refractivity contribution < 1.29 is 19.8 Å². The summed E-state index contributed by atoms with van der Waals surface area (Å²) in [6.45, 7) is 1.03. The van der Waals surface area contributed by atoms with E-state index in [4.69, 9.17) is 20.7 Å². The molecule has 1 unspecified atom stereocenters. The van der Waals surface area contributed by atoms with Crippen LogP contribution in [0.3, 0.4) is 0 Å². The van der Waals surface area contributed by atoms with Crippen LogP contribution in [0.2, 0.25) is 0 Å². The first-order valence-electron chi connectivity index (χ1n) is 5.11. The second-order valence-electron chi connectivity index (χ2n) is 3.48. The summed E-state index contributed by atoms with van der Waals surface area (Å²) in [5.41, 5.74) is 6.00. The minimum absolute atomic E-state index is 0.0487. The predicted octanol–water partition coefficient (Wildman–Crippen LogP) is 0.729. The Bertz CT molecular complexity index is 347. The highest BCUT2D eigenvalue weighted by molar-refractivity contribution is 5.74. The van der Waals surface area contributed by atoms with E-state index in [0.717, 1.165) is 12.5 Å². The van der Waals surface area contributed by atoms with Gasteiger partial charge in [-0.25, -0.2) is 0 Å². The van der Waals surface area contributed by atoms with Crippen molar-refractivity contribution >= 4 is 11.9 Å². The largest absolute Gasteiger partial charge is 0.481 e. The summed E-state index contributed by atoms with van der Waals surface area (Å²) in [7, 11) is 0. The number of carbonyl (C=O) groups is 2. The summed E-state index contributed by atoms with van der Waals surface area (Å²) in [5, 5.41) is 16.4. The highest BCUT2D eigenvalue weighted by Gasteiger charge is 2.12. The van der Waals surface area contributed by atoms with E-state index in [1.807, 2.05) is 30.3 Å². The predicted molar refractivity (Wildman–Crippen MR) is 63.4 cm³/mol. The first-order chi connectivity index (χ1) is 7.97. The first-order valence-corrected chi connectivity index (χ1v) is 5.11. The van der Waals surface area contributed by atoms with E-state index >= 15 is 0 Å². The number of amides is 1. The summed E-state index contributed by atoms with van der Waals surface area (Å²) < 4.78 is 0. The number of hydrogen-bond donors (Lipinski definition) is 3. The molecule has 5 heteroatoms. The summed E-state index contributed by atoms with van der Waals surface area (Å²) in [6.07, 6.45) is 0.195. The quantitative estimate of drug-likeness (QED) is 0.721. The van der Waals surface area contributed by atoms with Gasteiger partial charge in [0.25, 0.3) is 5.97 Å². The molecule has 5 nitrogen and oxygen atoms in total. The van der Waals surface area contributed by atoms with Gasteiger partial charge in [-0.05, 0) is 5.56 Å². The van der Waals surface area contributed by atoms with Crippen LogP contribution in [0.1, 0.15) is 24.8 Å². The fourth-order valence-electron chi connectivity index (χ4n) is 1.26. The van der Waals surface area contributed by atoms with E-state index < -0.39 is 5.97 Å². The fraction of sp³-hybridized carbons (Fsp3) is 0.333. The summed E-state index contributed by atoms with van der Waals surface area (Å²) in [5.74, 6) is -1.39. The van der Waals surface area contributed by atoms with Crippen molar-refractivity contribution in [1.82, 2.24) is 0 Å². The van der Waals surface area contributed by atoms with Gasteiger partial charge in [-0.1, -0.05) is 30.3 Å². The normalized spacial score (nSPS) is 10.9. The van der Waals surface area contributed by atoms with Crippen LogP contribution in [0.5, 0.6) is 0 Å². The van der Waals surface area contributed by atoms with Gasteiger partial charge in [0.1, 0.15) is 0 Å². The van der Waals surface area contributed by atoms with Gasteiger partial charge in [-0.3, -0.25) is 9.59 Å². The Hall–Kier alpha value is -1.88. The Labute approximate surface area is 99.9 Å². The molecule has 0 aromatic heterocycles. The third kappa shape index (κ3) is 7.98. The molecule has 0 bridgehead atoms. The topological polar surface area (TPSA) is 101 Å². The summed E-state index contributed by atoms with van der Waals surface area (Å²) in [6, 6.07) is 9.40.